The largest absolute Gasteiger partial charge is 0.480 e. The van der Waals surface area contributed by atoms with Gasteiger partial charge < -0.3 is 30.9 Å². The third-order valence-electron chi connectivity index (χ3n) is 7.41. The van der Waals surface area contributed by atoms with Crippen molar-refractivity contribution in [2.75, 3.05) is 13.1 Å². The Morgan fingerprint density at radius 3 is 2.46 bits per heavy atom. The molecule has 0 aliphatic carbocycles. The number of H-pyrrole nitrogens is 1. The highest BCUT2D eigenvalue weighted by atomic mass is 16.4. The van der Waals surface area contributed by atoms with Crippen LogP contribution < -0.4 is 11.1 Å². The Kier molecular flexibility index (Phi) is 8.16. The van der Waals surface area contributed by atoms with Crippen molar-refractivity contribution in [2.24, 2.45) is 11.7 Å². The number of nitrogens with two attached hydrogens (primary N) is 1. The van der Waals surface area contributed by atoms with E-state index < -0.39 is 36.0 Å². The number of likely N-dealkylation sites (tertiary alicyclic amines) is 2. The second kappa shape index (κ2) is 11.3. The molecule has 1 aromatic heterocycles. The number of aromatic nitrogens is 1. The first-order valence-electron chi connectivity index (χ1n) is 13.1. The Bertz CT molecular complexity index is 1160. The number of benzene rings is 1. The maximum absolute atomic E-state index is 13.6. The van der Waals surface area contributed by atoms with Crippen LogP contribution in [0.4, 0.5) is 0 Å². The standard InChI is InChI=1S/C27H37N5O5/c1-16(2)13-21(27(36)37)30-24(33)22-9-5-11-31(22)26(35)23-10-6-12-32(23)25(34)19(28)14-17-15-29-20-8-4-3-7-18(17)20/h3-4,7-8,15-16,19,21-23,29H,5-6,9-14,28H2,1-2H3,(H,30,33)(H,36,37). The molecule has 3 heterocycles. The molecule has 2 aliphatic heterocycles. The highest BCUT2D eigenvalue weighted by molar-refractivity contribution is 5.95. The van der Waals surface area contributed by atoms with Gasteiger partial charge in [0.25, 0.3) is 0 Å². The van der Waals surface area contributed by atoms with Crippen LogP contribution in [0, 0.1) is 5.92 Å². The van der Waals surface area contributed by atoms with Crippen molar-refractivity contribution in [3.8, 4) is 0 Å². The molecule has 0 saturated carbocycles. The highest BCUT2D eigenvalue weighted by Gasteiger charge is 2.43. The van der Waals surface area contributed by atoms with Crippen molar-refractivity contribution in [3.63, 3.8) is 0 Å². The van der Waals surface area contributed by atoms with Gasteiger partial charge in [0.1, 0.15) is 18.1 Å². The zero-order valence-electron chi connectivity index (χ0n) is 21.5. The number of rotatable bonds is 9. The van der Waals surface area contributed by atoms with Crippen molar-refractivity contribution < 1.29 is 24.3 Å². The van der Waals surface area contributed by atoms with E-state index >= 15 is 0 Å². The summed E-state index contributed by atoms with van der Waals surface area (Å²) in [6.45, 7) is 4.63. The molecule has 4 unspecified atom stereocenters. The minimum absolute atomic E-state index is 0.0919. The molecular formula is C27H37N5O5. The summed E-state index contributed by atoms with van der Waals surface area (Å²) in [5.74, 6) is -1.99. The molecule has 2 aromatic rings. The lowest BCUT2D eigenvalue weighted by Crippen LogP contribution is -2.56. The molecular weight excluding hydrogens is 474 g/mol. The number of carboxylic acids is 1. The number of aromatic amines is 1. The van der Waals surface area contributed by atoms with E-state index in [0.29, 0.717) is 51.6 Å². The fourth-order valence-electron chi connectivity index (χ4n) is 5.58. The Labute approximate surface area is 216 Å². The van der Waals surface area contributed by atoms with Crippen molar-refractivity contribution in [2.45, 2.75) is 76.5 Å². The number of nitrogens with zero attached hydrogens (tertiary/aromatic N) is 2. The van der Waals surface area contributed by atoms with E-state index in [2.05, 4.69) is 10.3 Å². The van der Waals surface area contributed by atoms with E-state index in [-0.39, 0.29) is 17.7 Å². The van der Waals surface area contributed by atoms with Crippen LogP contribution in [-0.2, 0) is 25.6 Å². The van der Waals surface area contributed by atoms with Gasteiger partial charge in [-0.1, -0.05) is 32.0 Å². The van der Waals surface area contributed by atoms with Gasteiger partial charge in [-0.3, -0.25) is 14.4 Å². The van der Waals surface area contributed by atoms with E-state index in [0.717, 1.165) is 16.5 Å². The van der Waals surface area contributed by atoms with Crippen LogP contribution in [0.25, 0.3) is 10.9 Å². The molecule has 200 valence electrons. The van der Waals surface area contributed by atoms with Gasteiger partial charge in [-0.25, -0.2) is 4.79 Å². The van der Waals surface area contributed by atoms with Crippen molar-refractivity contribution >= 4 is 34.6 Å². The zero-order chi connectivity index (χ0) is 26.7. The van der Waals surface area contributed by atoms with E-state index in [9.17, 15) is 24.3 Å². The third kappa shape index (κ3) is 5.79. The Hall–Kier alpha value is -3.40. The molecule has 10 nitrogen and oxygen atoms in total. The number of aliphatic carboxylic acids is 1. The van der Waals surface area contributed by atoms with Gasteiger partial charge in [-0.15, -0.1) is 0 Å². The molecule has 2 fully saturated rings. The summed E-state index contributed by atoms with van der Waals surface area (Å²) in [4.78, 5) is 57.8. The average Bonchev–Trinajstić information content (AvgIpc) is 3.62. The van der Waals surface area contributed by atoms with Crippen LogP contribution in [0.15, 0.2) is 30.5 Å². The number of nitrogens with one attached hydrogen (secondary N) is 2. The van der Waals surface area contributed by atoms with E-state index in [1.54, 1.807) is 4.90 Å². The lowest BCUT2D eigenvalue weighted by atomic mass is 10.0. The smallest absolute Gasteiger partial charge is 0.326 e. The van der Waals surface area contributed by atoms with Crippen molar-refractivity contribution in [3.05, 3.63) is 36.0 Å². The number of para-hydroxylation sites is 1. The quantitative estimate of drug-likeness (QED) is 0.402. The van der Waals surface area contributed by atoms with Crippen LogP contribution in [0.1, 0.15) is 51.5 Å². The van der Waals surface area contributed by atoms with E-state index in [1.807, 2.05) is 44.3 Å². The molecule has 4 atom stereocenters. The van der Waals surface area contributed by atoms with Crippen LogP contribution in [0.2, 0.25) is 0 Å². The van der Waals surface area contributed by atoms with E-state index in [4.69, 9.17) is 5.73 Å². The van der Waals surface area contributed by atoms with Crippen molar-refractivity contribution in [1.82, 2.24) is 20.1 Å². The van der Waals surface area contributed by atoms with Crippen LogP contribution >= 0.6 is 0 Å². The molecule has 1 aromatic carbocycles. The highest BCUT2D eigenvalue weighted by Crippen LogP contribution is 2.26. The number of carbonyl (C=O) groups is 4. The maximum Gasteiger partial charge on any atom is 0.326 e. The zero-order valence-corrected chi connectivity index (χ0v) is 21.5. The lowest BCUT2D eigenvalue weighted by molar-refractivity contribution is -0.148. The molecule has 0 bridgehead atoms. The molecule has 2 saturated heterocycles. The number of hydrogen-bond acceptors (Lipinski definition) is 5. The Morgan fingerprint density at radius 1 is 1.08 bits per heavy atom. The first kappa shape index (κ1) is 26.7. The molecule has 2 aliphatic rings. The first-order valence-corrected chi connectivity index (χ1v) is 13.1. The number of fused-ring (bicyclic) bond motifs is 1. The van der Waals surface area contributed by atoms with Gasteiger partial charge in [0.2, 0.25) is 17.7 Å². The number of carbonyl (C=O) groups excluding carboxylic acids is 3. The van der Waals surface area contributed by atoms with Gasteiger partial charge in [0.15, 0.2) is 0 Å². The van der Waals surface area contributed by atoms with Crippen LogP contribution in [0.5, 0.6) is 0 Å². The summed E-state index contributed by atoms with van der Waals surface area (Å²) in [5, 5.41) is 13.1. The third-order valence-corrected chi connectivity index (χ3v) is 7.41. The summed E-state index contributed by atoms with van der Waals surface area (Å²) >= 11 is 0. The fourth-order valence-corrected chi connectivity index (χ4v) is 5.58. The molecule has 5 N–H and O–H groups in total. The van der Waals surface area contributed by atoms with Gasteiger partial charge in [0, 0.05) is 30.2 Å². The summed E-state index contributed by atoms with van der Waals surface area (Å²) in [5.41, 5.74) is 8.27. The molecule has 3 amide bonds. The predicted molar refractivity (Wildman–Crippen MR) is 138 cm³/mol. The monoisotopic (exact) mass is 511 g/mol. The molecule has 10 heteroatoms. The second-order valence-corrected chi connectivity index (χ2v) is 10.6. The predicted octanol–water partition coefficient (Wildman–Crippen LogP) is 1.64. The SMILES string of the molecule is CC(C)CC(NC(=O)C1CCCN1C(=O)C1CCCN1C(=O)C(N)Cc1c[nH]c2ccccc12)C(=O)O. The summed E-state index contributed by atoms with van der Waals surface area (Å²) in [6, 6.07) is 4.62. The summed E-state index contributed by atoms with van der Waals surface area (Å²) in [7, 11) is 0. The lowest BCUT2D eigenvalue weighted by Gasteiger charge is -2.32. The number of amides is 3. The molecule has 37 heavy (non-hydrogen) atoms. The minimum atomic E-state index is -1.09. The Balaban J connectivity index is 1.42. The average molecular weight is 512 g/mol. The molecule has 0 spiro atoms. The first-order chi connectivity index (χ1) is 17.7. The fraction of sp³-hybridized carbons (Fsp3) is 0.556. The molecule has 4 rings (SSSR count). The van der Waals surface area contributed by atoms with Crippen LogP contribution in [-0.4, -0.2) is 80.8 Å². The van der Waals surface area contributed by atoms with Crippen LogP contribution in [0.3, 0.4) is 0 Å². The van der Waals surface area contributed by atoms with Gasteiger partial charge >= 0.3 is 5.97 Å². The van der Waals surface area contributed by atoms with Crippen molar-refractivity contribution in [1.29, 1.82) is 0 Å². The minimum Gasteiger partial charge on any atom is -0.480 e. The van der Waals surface area contributed by atoms with Gasteiger partial charge in [-0.05, 0) is 56.1 Å². The Morgan fingerprint density at radius 2 is 1.76 bits per heavy atom. The van der Waals surface area contributed by atoms with Gasteiger partial charge in [0.05, 0.1) is 6.04 Å². The number of carboxylic acid groups (broad SMARTS) is 1. The normalized spacial score (nSPS) is 21.4. The number of hydrogen-bond donors (Lipinski definition) is 4. The second-order valence-electron chi connectivity index (χ2n) is 10.6. The summed E-state index contributed by atoms with van der Waals surface area (Å²) < 4.78 is 0. The maximum atomic E-state index is 13.6. The summed E-state index contributed by atoms with van der Waals surface area (Å²) in [6.07, 6.45) is 4.82. The molecule has 0 radical (unpaired) electrons. The van der Waals surface area contributed by atoms with Gasteiger partial charge in [-0.2, -0.15) is 0 Å². The van der Waals surface area contributed by atoms with E-state index in [1.165, 1.54) is 4.90 Å². The topological polar surface area (TPSA) is 149 Å².